The second-order valence-electron chi connectivity index (χ2n) is 10.0. The lowest BCUT2D eigenvalue weighted by Gasteiger charge is -2.46. The van der Waals surface area contributed by atoms with E-state index in [1.54, 1.807) is 0 Å². The molecule has 2 amide bonds. The minimum Gasteiger partial charge on any atom is -0.455 e. The van der Waals surface area contributed by atoms with Gasteiger partial charge in [0.1, 0.15) is 0 Å². The molecule has 1 aliphatic heterocycles. The van der Waals surface area contributed by atoms with Gasteiger partial charge < -0.3 is 4.74 Å². The Morgan fingerprint density at radius 1 is 1.08 bits per heavy atom. The predicted molar refractivity (Wildman–Crippen MR) is 93.1 cm³/mol. The van der Waals surface area contributed by atoms with Crippen LogP contribution in [0.15, 0.2) is 0 Å². The first-order chi connectivity index (χ1) is 10.5. The highest BCUT2D eigenvalue weighted by Gasteiger charge is 2.50. The second kappa shape index (κ2) is 6.16. The number of hydrogen-bond acceptors (Lipinski definition) is 4. The van der Waals surface area contributed by atoms with Gasteiger partial charge in [0.25, 0.3) is 5.91 Å². The van der Waals surface area contributed by atoms with E-state index in [0.29, 0.717) is 12.8 Å². The molecule has 0 saturated carbocycles. The molecule has 0 aromatic carbocycles. The highest BCUT2D eigenvalue weighted by Crippen LogP contribution is 2.47. The molecule has 0 aromatic rings. The van der Waals surface area contributed by atoms with E-state index in [1.165, 1.54) is 4.90 Å². The third-order valence-electron chi connectivity index (χ3n) is 5.00. The lowest BCUT2D eigenvalue weighted by Crippen LogP contribution is -2.63. The Balaban J connectivity index is 2.83. The first-order valence-corrected chi connectivity index (χ1v) is 8.54. The van der Waals surface area contributed by atoms with Gasteiger partial charge in [0.2, 0.25) is 5.91 Å². The number of amides is 2. The Morgan fingerprint density at radius 2 is 1.58 bits per heavy atom. The van der Waals surface area contributed by atoms with Gasteiger partial charge in [0.05, 0.1) is 17.4 Å². The molecule has 0 spiro atoms. The van der Waals surface area contributed by atoms with Crippen molar-refractivity contribution in [2.75, 3.05) is 6.61 Å². The molecule has 0 N–H and O–H groups in total. The Hall–Kier alpha value is -1.39. The first-order valence-electron chi connectivity index (χ1n) is 8.54. The number of esters is 1. The summed E-state index contributed by atoms with van der Waals surface area (Å²) in [6, 6.07) is 0. The Labute approximate surface area is 146 Å². The van der Waals surface area contributed by atoms with E-state index in [4.69, 9.17) is 4.74 Å². The molecular weight excluding hydrogens is 306 g/mol. The maximum absolute atomic E-state index is 12.8. The molecule has 1 unspecified atom stereocenters. The summed E-state index contributed by atoms with van der Waals surface area (Å²) >= 11 is 0. The number of carbonyl (C=O) groups is 3. The van der Waals surface area contributed by atoms with Crippen molar-refractivity contribution >= 4 is 17.8 Å². The molecule has 1 heterocycles. The van der Waals surface area contributed by atoms with Crippen molar-refractivity contribution in [2.24, 2.45) is 16.2 Å². The van der Waals surface area contributed by atoms with Gasteiger partial charge in [0.15, 0.2) is 6.61 Å². The number of ether oxygens (including phenoxy) is 1. The summed E-state index contributed by atoms with van der Waals surface area (Å²) < 4.78 is 5.36. The van der Waals surface area contributed by atoms with Crippen molar-refractivity contribution in [3.05, 3.63) is 0 Å². The smallest absolute Gasteiger partial charge is 0.312 e. The number of imide groups is 1. The molecule has 0 aliphatic carbocycles. The maximum atomic E-state index is 12.8. The average molecular weight is 339 g/mol. The molecule has 0 bridgehead atoms. The van der Waals surface area contributed by atoms with Gasteiger partial charge in [-0.1, -0.05) is 41.5 Å². The van der Waals surface area contributed by atoms with Crippen molar-refractivity contribution in [3.8, 4) is 0 Å². The average Bonchev–Trinajstić information content (AvgIpc) is 2.30. The van der Waals surface area contributed by atoms with Crippen molar-refractivity contribution < 1.29 is 19.1 Å². The van der Waals surface area contributed by atoms with Crippen LogP contribution in [-0.2, 0) is 19.1 Å². The van der Waals surface area contributed by atoms with Crippen LogP contribution in [0.3, 0.4) is 0 Å². The van der Waals surface area contributed by atoms with Crippen LogP contribution in [0.25, 0.3) is 0 Å². The number of nitrogens with zero attached hydrogens (tertiary/aromatic N) is 1. The maximum Gasteiger partial charge on any atom is 0.312 e. The van der Waals surface area contributed by atoms with E-state index in [9.17, 15) is 14.4 Å². The van der Waals surface area contributed by atoms with Crippen LogP contribution >= 0.6 is 0 Å². The molecule has 1 atom stereocenters. The van der Waals surface area contributed by atoms with Crippen molar-refractivity contribution in [2.45, 2.75) is 80.7 Å². The van der Waals surface area contributed by atoms with E-state index in [0.717, 1.165) is 0 Å². The Morgan fingerprint density at radius 3 is 1.92 bits per heavy atom. The number of likely N-dealkylation sites (tertiary alicyclic amines) is 1. The fourth-order valence-corrected chi connectivity index (χ4v) is 3.31. The van der Waals surface area contributed by atoms with Crippen molar-refractivity contribution in [1.82, 2.24) is 4.90 Å². The van der Waals surface area contributed by atoms with E-state index in [-0.39, 0.29) is 29.3 Å². The van der Waals surface area contributed by atoms with Crippen LogP contribution in [0.5, 0.6) is 0 Å². The highest BCUT2D eigenvalue weighted by atomic mass is 16.5. The number of carbonyl (C=O) groups excluding carboxylic acids is 3. The summed E-state index contributed by atoms with van der Waals surface area (Å²) in [4.78, 5) is 37.9. The largest absolute Gasteiger partial charge is 0.455 e. The standard InChI is InChI=1S/C19H33NO4/c1-16(2,3)12-19(9,17(4,5)6)15(23)24-11-14(22)20-13(21)10-18(20,7)8/h10-12H2,1-9H3. The first kappa shape index (κ1) is 20.7. The van der Waals surface area contributed by atoms with Crippen LogP contribution < -0.4 is 0 Å². The van der Waals surface area contributed by atoms with Gasteiger partial charge in [-0.2, -0.15) is 0 Å². The number of β-lactam (4-membered cyclic amide) rings is 1. The molecule has 1 fully saturated rings. The zero-order valence-corrected chi connectivity index (χ0v) is 16.7. The van der Waals surface area contributed by atoms with Crippen LogP contribution in [0.2, 0.25) is 0 Å². The van der Waals surface area contributed by atoms with Gasteiger partial charge >= 0.3 is 5.97 Å². The molecule has 24 heavy (non-hydrogen) atoms. The fourth-order valence-electron chi connectivity index (χ4n) is 3.31. The highest BCUT2D eigenvalue weighted by molar-refractivity contribution is 6.02. The van der Waals surface area contributed by atoms with Gasteiger partial charge in [-0.05, 0) is 38.0 Å². The Kier molecular flexibility index (Phi) is 5.30. The summed E-state index contributed by atoms with van der Waals surface area (Å²) in [6.45, 7) is 17.4. The predicted octanol–water partition coefficient (Wildman–Crippen LogP) is 3.56. The van der Waals surface area contributed by atoms with E-state index >= 15 is 0 Å². The van der Waals surface area contributed by atoms with Crippen molar-refractivity contribution in [1.29, 1.82) is 0 Å². The van der Waals surface area contributed by atoms with Gasteiger partial charge in [-0.15, -0.1) is 0 Å². The molecule has 1 aliphatic rings. The van der Waals surface area contributed by atoms with Gasteiger partial charge in [-0.3, -0.25) is 19.3 Å². The molecule has 1 rings (SSSR count). The summed E-state index contributed by atoms with van der Waals surface area (Å²) in [5.41, 5.74) is -1.58. The molecule has 138 valence electrons. The summed E-state index contributed by atoms with van der Waals surface area (Å²) in [5.74, 6) is -1.05. The summed E-state index contributed by atoms with van der Waals surface area (Å²) in [5, 5.41) is 0. The molecule has 0 aromatic heterocycles. The van der Waals surface area contributed by atoms with Gasteiger partial charge in [0, 0.05) is 0 Å². The second-order valence-corrected chi connectivity index (χ2v) is 10.0. The monoisotopic (exact) mass is 339 g/mol. The van der Waals surface area contributed by atoms with Crippen molar-refractivity contribution in [3.63, 3.8) is 0 Å². The minimum absolute atomic E-state index is 0.0551. The quantitative estimate of drug-likeness (QED) is 0.580. The van der Waals surface area contributed by atoms with Crippen LogP contribution in [0.4, 0.5) is 0 Å². The topological polar surface area (TPSA) is 63.7 Å². The van der Waals surface area contributed by atoms with Gasteiger partial charge in [-0.25, -0.2) is 0 Å². The number of rotatable bonds is 4. The third kappa shape index (κ3) is 4.17. The summed E-state index contributed by atoms with van der Waals surface area (Å²) in [6.07, 6.45) is 0.987. The zero-order chi connectivity index (χ0) is 19.1. The normalized spacial score (nSPS) is 20.2. The lowest BCUT2D eigenvalue weighted by atomic mass is 9.61. The number of hydrogen-bond donors (Lipinski definition) is 0. The molecular formula is C19H33NO4. The third-order valence-corrected chi connectivity index (χ3v) is 5.00. The molecule has 1 saturated heterocycles. The van der Waals surface area contributed by atoms with Crippen LogP contribution in [0.1, 0.15) is 75.2 Å². The van der Waals surface area contributed by atoms with Crippen LogP contribution in [-0.4, -0.2) is 34.8 Å². The molecule has 5 nitrogen and oxygen atoms in total. The molecule has 0 radical (unpaired) electrons. The van der Waals surface area contributed by atoms with E-state index < -0.39 is 16.9 Å². The Bertz CT molecular complexity index is 537. The lowest BCUT2D eigenvalue weighted by molar-refractivity contribution is -0.176. The molecule has 5 heteroatoms. The van der Waals surface area contributed by atoms with Crippen LogP contribution in [0, 0.1) is 16.2 Å². The van der Waals surface area contributed by atoms with E-state index in [1.807, 2.05) is 41.5 Å². The SMILES string of the molecule is CC(C)(C)CC(C)(C(=O)OCC(=O)N1C(=O)CC1(C)C)C(C)(C)C. The minimum atomic E-state index is -0.722. The summed E-state index contributed by atoms with van der Waals surface area (Å²) in [7, 11) is 0. The van der Waals surface area contributed by atoms with E-state index in [2.05, 4.69) is 20.8 Å². The fraction of sp³-hybridized carbons (Fsp3) is 0.842. The zero-order valence-electron chi connectivity index (χ0n) is 16.7.